The van der Waals surface area contributed by atoms with Crippen LogP contribution in [-0.2, 0) is 4.74 Å². The van der Waals surface area contributed by atoms with Gasteiger partial charge in [-0.3, -0.25) is 0 Å². The molecule has 0 unspecified atom stereocenters. The Hall–Kier alpha value is 0.190. The van der Waals surface area contributed by atoms with E-state index in [2.05, 4.69) is 6.92 Å². The second kappa shape index (κ2) is 8.32. The van der Waals surface area contributed by atoms with Gasteiger partial charge in [-0.05, 0) is 12.2 Å². The Kier molecular flexibility index (Phi) is 7.46. The van der Waals surface area contributed by atoms with Gasteiger partial charge in [0, 0.05) is 0 Å². The van der Waals surface area contributed by atoms with Crippen LogP contribution in [0.2, 0.25) is 0 Å². The fourth-order valence-corrected chi connectivity index (χ4v) is 2.97. The highest BCUT2D eigenvalue weighted by atomic mass is 32.2. The van der Waals surface area contributed by atoms with Crippen molar-refractivity contribution < 1.29 is 20.1 Å². The van der Waals surface area contributed by atoms with Crippen molar-refractivity contribution in [1.29, 1.82) is 0 Å². The Morgan fingerprint density at radius 2 is 1.76 bits per heavy atom. The van der Waals surface area contributed by atoms with Crippen molar-refractivity contribution in [3.05, 3.63) is 0 Å². The number of rotatable bonds is 7. The Morgan fingerprint density at radius 1 is 1.06 bits per heavy atom. The van der Waals surface area contributed by atoms with Crippen LogP contribution < -0.4 is 0 Å². The third-order valence-corrected chi connectivity index (χ3v) is 4.25. The number of hydrogen-bond donors (Lipinski definition) is 3. The predicted octanol–water partition coefficient (Wildman–Crippen LogP) is 1.13. The average molecular weight is 264 g/mol. The van der Waals surface area contributed by atoms with E-state index in [0.717, 1.165) is 12.2 Å². The van der Waals surface area contributed by atoms with Crippen LogP contribution in [0.1, 0.15) is 39.0 Å². The van der Waals surface area contributed by atoms with Crippen LogP contribution >= 0.6 is 11.8 Å². The van der Waals surface area contributed by atoms with Crippen molar-refractivity contribution in [2.75, 3.05) is 12.4 Å². The maximum absolute atomic E-state index is 9.69. The molecule has 5 heteroatoms. The number of unbranched alkanes of at least 4 members (excludes halogenated alkanes) is 4. The van der Waals surface area contributed by atoms with Crippen LogP contribution in [0.3, 0.4) is 0 Å². The minimum atomic E-state index is -1.08. The molecule has 1 saturated heterocycles. The van der Waals surface area contributed by atoms with Gasteiger partial charge in [-0.2, -0.15) is 0 Å². The normalized spacial score (nSPS) is 33.9. The first-order valence-corrected chi connectivity index (χ1v) is 7.49. The summed E-state index contributed by atoms with van der Waals surface area (Å²) in [5.74, 6) is 0.925. The van der Waals surface area contributed by atoms with Crippen LogP contribution in [0.5, 0.6) is 0 Å². The van der Waals surface area contributed by atoms with Gasteiger partial charge in [0.15, 0.2) is 0 Å². The largest absolute Gasteiger partial charge is 0.388 e. The lowest BCUT2D eigenvalue weighted by Crippen LogP contribution is -2.51. The van der Waals surface area contributed by atoms with Gasteiger partial charge in [-0.1, -0.05) is 32.6 Å². The highest BCUT2D eigenvalue weighted by Gasteiger charge is 2.37. The van der Waals surface area contributed by atoms with Gasteiger partial charge in [0.1, 0.15) is 23.7 Å². The molecule has 0 aromatic rings. The van der Waals surface area contributed by atoms with E-state index in [1.54, 1.807) is 0 Å². The van der Waals surface area contributed by atoms with Crippen molar-refractivity contribution in [2.24, 2.45) is 0 Å². The molecule has 1 aliphatic rings. The fourth-order valence-electron chi connectivity index (χ4n) is 1.83. The molecule has 0 saturated carbocycles. The van der Waals surface area contributed by atoms with E-state index in [-0.39, 0.29) is 6.61 Å². The molecule has 17 heavy (non-hydrogen) atoms. The summed E-state index contributed by atoms with van der Waals surface area (Å²) in [5.41, 5.74) is -0.403. The fraction of sp³-hybridized carbons (Fsp3) is 1.00. The van der Waals surface area contributed by atoms with E-state index < -0.39 is 23.7 Å². The molecule has 0 aromatic carbocycles. The molecule has 0 radical (unpaired) electrons. The second-order valence-corrected chi connectivity index (χ2v) is 5.74. The van der Waals surface area contributed by atoms with E-state index in [1.807, 2.05) is 0 Å². The van der Waals surface area contributed by atoms with Crippen LogP contribution in [-0.4, -0.2) is 51.4 Å². The second-order valence-electron chi connectivity index (χ2n) is 4.54. The molecule has 4 nitrogen and oxygen atoms in total. The maximum atomic E-state index is 9.69. The lowest BCUT2D eigenvalue weighted by Gasteiger charge is -2.34. The molecular formula is C12H24O4S. The summed E-state index contributed by atoms with van der Waals surface area (Å²) in [6.45, 7) is 2.29. The molecule has 3 N–H and O–H groups in total. The monoisotopic (exact) mass is 264 g/mol. The quantitative estimate of drug-likeness (QED) is 0.601. The molecule has 0 bridgehead atoms. The van der Waals surface area contributed by atoms with Crippen LogP contribution in [0.25, 0.3) is 0 Å². The minimum Gasteiger partial charge on any atom is -0.388 e. The van der Waals surface area contributed by atoms with Gasteiger partial charge in [0.2, 0.25) is 0 Å². The van der Waals surface area contributed by atoms with Crippen LogP contribution in [0.4, 0.5) is 0 Å². The summed E-state index contributed by atoms with van der Waals surface area (Å²) in [5, 5.41) is 28.5. The summed E-state index contributed by atoms with van der Waals surface area (Å²) in [6.07, 6.45) is 3.05. The van der Waals surface area contributed by atoms with Crippen molar-refractivity contribution >= 4 is 11.8 Å². The molecule has 0 aromatic heterocycles. The summed E-state index contributed by atoms with van der Waals surface area (Å²) in [7, 11) is 0. The molecule has 1 heterocycles. The lowest BCUT2D eigenvalue weighted by atomic mass is 10.1. The summed E-state index contributed by atoms with van der Waals surface area (Å²) >= 11 is 1.53. The Labute approximate surface area is 107 Å². The molecular weight excluding hydrogens is 240 g/mol. The Balaban J connectivity index is 2.10. The predicted molar refractivity (Wildman–Crippen MR) is 69.0 cm³/mol. The molecule has 1 fully saturated rings. The zero-order valence-corrected chi connectivity index (χ0v) is 11.2. The van der Waals surface area contributed by atoms with Crippen molar-refractivity contribution in [1.82, 2.24) is 0 Å². The number of thioether (sulfide) groups is 1. The van der Waals surface area contributed by atoms with Crippen molar-refractivity contribution in [3.8, 4) is 0 Å². The van der Waals surface area contributed by atoms with E-state index in [0.29, 0.717) is 0 Å². The summed E-state index contributed by atoms with van der Waals surface area (Å²) in [4.78, 5) is 0. The zero-order chi connectivity index (χ0) is 12.7. The Morgan fingerprint density at radius 3 is 2.47 bits per heavy atom. The molecule has 0 spiro atoms. The topological polar surface area (TPSA) is 69.9 Å². The first kappa shape index (κ1) is 15.2. The molecule has 0 amide bonds. The maximum Gasteiger partial charge on any atom is 0.131 e. The van der Waals surface area contributed by atoms with Gasteiger partial charge in [-0.25, -0.2) is 0 Å². The third kappa shape index (κ3) is 5.14. The van der Waals surface area contributed by atoms with E-state index in [9.17, 15) is 15.3 Å². The highest BCUT2D eigenvalue weighted by Crippen LogP contribution is 2.25. The van der Waals surface area contributed by atoms with Crippen molar-refractivity contribution in [3.63, 3.8) is 0 Å². The van der Waals surface area contributed by atoms with Gasteiger partial charge < -0.3 is 20.1 Å². The van der Waals surface area contributed by atoms with Gasteiger partial charge in [-0.15, -0.1) is 11.8 Å². The Bertz CT molecular complexity index is 203. The SMILES string of the molecule is CCCCCCCS[C@@H]1OC[C@@H](O)[C@H](O)[C@H]1O. The zero-order valence-electron chi connectivity index (χ0n) is 10.4. The molecule has 4 atom stereocenters. The first-order valence-electron chi connectivity index (χ1n) is 6.44. The molecule has 1 rings (SSSR count). The number of ether oxygens (including phenoxy) is 1. The average Bonchev–Trinajstić information content (AvgIpc) is 2.33. The van der Waals surface area contributed by atoms with Gasteiger partial charge >= 0.3 is 0 Å². The number of aliphatic hydroxyl groups excluding tert-OH is 3. The van der Waals surface area contributed by atoms with E-state index in [4.69, 9.17) is 4.74 Å². The number of aliphatic hydroxyl groups is 3. The highest BCUT2D eigenvalue weighted by molar-refractivity contribution is 7.99. The van der Waals surface area contributed by atoms with E-state index >= 15 is 0 Å². The molecule has 0 aliphatic carbocycles. The molecule has 102 valence electrons. The van der Waals surface area contributed by atoms with Crippen LogP contribution in [0.15, 0.2) is 0 Å². The number of hydrogen-bond acceptors (Lipinski definition) is 5. The van der Waals surface area contributed by atoms with Crippen LogP contribution in [0, 0.1) is 0 Å². The minimum absolute atomic E-state index is 0.103. The van der Waals surface area contributed by atoms with Gasteiger partial charge in [0.05, 0.1) is 6.61 Å². The van der Waals surface area contributed by atoms with Gasteiger partial charge in [0.25, 0.3) is 0 Å². The summed E-state index contributed by atoms with van der Waals surface area (Å²) < 4.78 is 5.30. The molecule has 1 aliphatic heterocycles. The third-order valence-electron chi connectivity index (χ3n) is 2.98. The summed E-state index contributed by atoms with van der Waals surface area (Å²) in [6, 6.07) is 0. The smallest absolute Gasteiger partial charge is 0.131 e. The lowest BCUT2D eigenvalue weighted by molar-refractivity contribution is -0.161. The van der Waals surface area contributed by atoms with E-state index in [1.165, 1.54) is 37.4 Å². The van der Waals surface area contributed by atoms with Crippen molar-refractivity contribution in [2.45, 2.75) is 62.8 Å². The standard InChI is InChI=1S/C12H24O4S/c1-2-3-4-5-6-7-17-12-11(15)10(14)9(13)8-16-12/h9-15H,2-8H2,1H3/t9-,10+,11-,12+/m1/s1. The first-order chi connectivity index (χ1) is 8.16.